The van der Waals surface area contributed by atoms with Gasteiger partial charge in [0.05, 0.1) is 17.0 Å². The third-order valence-electron chi connectivity index (χ3n) is 4.47. The van der Waals surface area contributed by atoms with Gasteiger partial charge in [-0.15, -0.1) is 10.2 Å². The van der Waals surface area contributed by atoms with Crippen molar-refractivity contribution >= 4 is 51.4 Å². The molecule has 4 aromatic rings. The van der Waals surface area contributed by atoms with Crippen molar-refractivity contribution in [1.29, 1.82) is 0 Å². The summed E-state index contributed by atoms with van der Waals surface area (Å²) in [6.45, 7) is 0. The normalized spacial score (nSPS) is 11.1. The monoisotopic (exact) mass is 543 g/mol. The molecular formula is C23H16BrClFN5OS. The van der Waals surface area contributed by atoms with Crippen LogP contribution in [0.5, 0.6) is 0 Å². The molecule has 0 saturated carbocycles. The number of hydrazone groups is 1. The van der Waals surface area contributed by atoms with Crippen LogP contribution in [0, 0.1) is 5.82 Å². The van der Waals surface area contributed by atoms with Crippen LogP contribution >= 0.6 is 39.3 Å². The molecule has 0 atom stereocenters. The van der Waals surface area contributed by atoms with Gasteiger partial charge >= 0.3 is 0 Å². The van der Waals surface area contributed by atoms with Crippen LogP contribution in [0.3, 0.4) is 0 Å². The largest absolute Gasteiger partial charge is 0.272 e. The van der Waals surface area contributed by atoms with Crippen molar-refractivity contribution in [3.05, 3.63) is 93.7 Å². The van der Waals surface area contributed by atoms with Gasteiger partial charge in [0.2, 0.25) is 0 Å². The van der Waals surface area contributed by atoms with Crippen molar-refractivity contribution in [2.75, 3.05) is 5.75 Å². The number of hydrogen-bond donors (Lipinski definition) is 1. The van der Waals surface area contributed by atoms with E-state index < -0.39 is 5.82 Å². The Morgan fingerprint density at radius 3 is 2.58 bits per heavy atom. The van der Waals surface area contributed by atoms with E-state index in [1.807, 2.05) is 59.2 Å². The molecule has 3 aromatic carbocycles. The van der Waals surface area contributed by atoms with Gasteiger partial charge in [-0.05, 0) is 36.4 Å². The molecule has 0 bridgehead atoms. The number of nitrogens with zero attached hydrogens (tertiary/aromatic N) is 4. The average Bonchev–Trinajstić information content (AvgIpc) is 3.24. The maximum Gasteiger partial charge on any atom is 0.250 e. The Morgan fingerprint density at radius 2 is 1.85 bits per heavy atom. The highest BCUT2D eigenvalue weighted by molar-refractivity contribution is 9.10. The molecule has 0 spiro atoms. The number of rotatable bonds is 7. The van der Waals surface area contributed by atoms with E-state index in [1.54, 1.807) is 6.07 Å². The molecule has 6 nitrogen and oxygen atoms in total. The van der Waals surface area contributed by atoms with E-state index in [0.717, 1.165) is 15.7 Å². The number of para-hydroxylation sites is 1. The second-order valence-corrected chi connectivity index (χ2v) is 8.97. The highest BCUT2D eigenvalue weighted by Gasteiger charge is 2.17. The first kappa shape index (κ1) is 23.2. The minimum atomic E-state index is -0.522. The van der Waals surface area contributed by atoms with Crippen LogP contribution in [0.2, 0.25) is 5.02 Å². The summed E-state index contributed by atoms with van der Waals surface area (Å²) in [5, 5.41) is 13.2. The van der Waals surface area contributed by atoms with Crippen LogP contribution in [0.15, 0.2) is 87.5 Å². The van der Waals surface area contributed by atoms with Crippen LogP contribution in [0.1, 0.15) is 5.56 Å². The van der Waals surface area contributed by atoms with Crippen molar-refractivity contribution in [2.24, 2.45) is 5.10 Å². The van der Waals surface area contributed by atoms with Crippen LogP contribution in [-0.4, -0.2) is 32.6 Å². The lowest BCUT2D eigenvalue weighted by Crippen LogP contribution is -2.20. The summed E-state index contributed by atoms with van der Waals surface area (Å²) >= 11 is 10.6. The Kier molecular flexibility index (Phi) is 7.54. The summed E-state index contributed by atoms with van der Waals surface area (Å²) in [7, 11) is 0. The van der Waals surface area contributed by atoms with Gasteiger partial charge in [0.1, 0.15) is 5.82 Å². The van der Waals surface area contributed by atoms with Gasteiger partial charge in [-0.1, -0.05) is 75.7 Å². The molecule has 1 amide bonds. The maximum absolute atomic E-state index is 13.8. The number of aromatic nitrogens is 3. The quantitative estimate of drug-likeness (QED) is 0.183. The maximum atomic E-state index is 13.8. The Balaban J connectivity index is 1.50. The lowest BCUT2D eigenvalue weighted by molar-refractivity contribution is -0.118. The van der Waals surface area contributed by atoms with Gasteiger partial charge in [0, 0.05) is 21.3 Å². The fourth-order valence-electron chi connectivity index (χ4n) is 2.92. The van der Waals surface area contributed by atoms with Gasteiger partial charge in [-0.2, -0.15) is 5.10 Å². The fraction of sp³-hybridized carbons (Fsp3) is 0.0435. The van der Waals surface area contributed by atoms with Crippen LogP contribution in [-0.2, 0) is 4.79 Å². The molecule has 0 unspecified atom stereocenters. The summed E-state index contributed by atoms with van der Waals surface area (Å²) < 4.78 is 16.7. The molecule has 0 fully saturated rings. The Bertz CT molecular complexity index is 1280. The Morgan fingerprint density at radius 1 is 1.09 bits per heavy atom. The number of hydrogen-bond acceptors (Lipinski definition) is 5. The molecule has 1 N–H and O–H groups in total. The van der Waals surface area contributed by atoms with Gasteiger partial charge in [0.15, 0.2) is 11.0 Å². The number of halogens is 3. The summed E-state index contributed by atoms with van der Waals surface area (Å²) in [4.78, 5) is 12.3. The number of carbonyl (C=O) groups is 1. The molecule has 10 heteroatoms. The molecule has 0 radical (unpaired) electrons. The number of carbonyl (C=O) groups excluding carboxylic acids is 1. The predicted molar refractivity (Wildman–Crippen MR) is 132 cm³/mol. The van der Waals surface area contributed by atoms with Crippen LogP contribution in [0.25, 0.3) is 17.1 Å². The van der Waals surface area contributed by atoms with Crippen molar-refractivity contribution in [3.8, 4) is 17.1 Å². The first-order valence-corrected chi connectivity index (χ1v) is 11.8. The molecule has 0 saturated heterocycles. The SMILES string of the molecule is O=C(CSc1nnc(-c2ccc(Br)cc2)n1-c1ccccc1)N/N=C/c1c(F)cccc1Cl. The molecule has 0 aliphatic rings. The number of thioether (sulfide) groups is 1. The standard InChI is InChI=1S/C23H16BrClFN5OS/c24-16-11-9-15(10-12-16)22-29-30-23(31(22)17-5-2-1-3-6-17)33-14-21(32)28-27-13-18-19(25)7-4-8-20(18)26/h1-13H,14H2,(H,28,32)/b27-13+. The topological polar surface area (TPSA) is 72.2 Å². The van der Waals surface area contributed by atoms with E-state index in [9.17, 15) is 9.18 Å². The highest BCUT2D eigenvalue weighted by Crippen LogP contribution is 2.28. The smallest absolute Gasteiger partial charge is 0.250 e. The summed E-state index contributed by atoms with van der Waals surface area (Å²) in [5.74, 6) is -0.208. The van der Waals surface area contributed by atoms with Crippen LogP contribution < -0.4 is 5.43 Å². The zero-order chi connectivity index (χ0) is 23.2. The molecule has 166 valence electrons. The van der Waals surface area contributed by atoms with Gasteiger partial charge in [-0.25, -0.2) is 9.82 Å². The van der Waals surface area contributed by atoms with E-state index >= 15 is 0 Å². The van der Waals surface area contributed by atoms with Gasteiger partial charge in [-0.3, -0.25) is 9.36 Å². The summed E-state index contributed by atoms with van der Waals surface area (Å²) in [6, 6.07) is 21.7. The molecule has 1 aromatic heterocycles. The van der Waals surface area contributed by atoms with E-state index in [0.29, 0.717) is 11.0 Å². The molecule has 0 aliphatic heterocycles. The Hall–Kier alpha value is -3.01. The predicted octanol–water partition coefficient (Wildman–Crippen LogP) is 5.73. The van der Waals surface area contributed by atoms with Crippen molar-refractivity contribution in [1.82, 2.24) is 20.2 Å². The van der Waals surface area contributed by atoms with E-state index in [1.165, 1.54) is 30.1 Å². The van der Waals surface area contributed by atoms with Crippen molar-refractivity contribution in [2.45, 2.75) is 5.16 Å². The molecular weight excluding hydrogens is 529 g/mol. The first-order chi connectivity index (χ1) is 16.0. The lowest BCUT2D eigenvalue weighted by atomic mass is 10.2. The highest BCUT2D eigenvalue weighted by atomic mass is 79.9. The third-order valence-corrected chi connectivity index (χ3v) is 6.25. The van der Waals surface area contributed by atoms with Gasteiger partial charge in [0.25, 0.3) is 5.91 Å². The summed E-state index contributed by atoms with van der Waals surface area (Å²) in [6.07, 6.45) is 1.18. The fourth-order valence-corrected chi connectivity index (χ4v) is 4.14. The van der Waals surface area contributed by atoms with Crippen molar-refractivity contribution in [3.63, 3.8) is 0 Å². The number of amides is 1. The molecule has 4 rings (SSSR count). The van der Waals surface area contributed by atoms with E-state index in [2.05, 4.69) is 36.7 Å². The van der Waals surface area contributed by atoms with E-state index in [-0.39, 0.29) is 22.2 Å². The number of nitrogens with one attached hydrogen (secondary N) is 1. The van der Waals surface area contributed by atoms with E-state index in [4.69, 9.17) is 11.6 Å². The molecule has 33 heavy (non-hydrogen) atoms. The zero-order valence-corrected chi connectivity index (χ0v) is 20.1. The second-order valence-electron chi connectivity index (χ2n) is 6.70. The third kappa shape index (κ3) is 5.68. The lowest BCUT2D eigenvalue weighted by Gasteiger charge is -2.10. The van der Waals surface area contributed by atoms with Crippen LogP contribution in [0.4, 0.5) is 4.39 Å². The minimum Gasteiger partial charge on any atom is -0.272 e. The second kappa shape index (κ2) is 10.7. The number of benzene rings is 3. The first-order valence-electron chi connectivity index (χ1n) is 9.68. The van der Waals surface area contributed by atoms with Crippen molar-refractivity contribution < 1.29 is 9.18 Å². The summed E-state index contributed by atoms with van der Waals surface area (Å²) in [5.41, 5.74) is 4.25. The zero-order valence-electron chi connectivity index (χ0n) is 17.0. The molecule has 0 aliphatic carbocycles. The average molecular weight is 545 g/mol. The van der Waals surface area contributed by atoms with Gasteiger partial charge < -0.3 is 0 Å². The Labute approximate surface area is 207 Å². The molecule has 1 heterocycles. The minimum absolute atomic E-state index is 0.0354.